The fourth-order valence-corrected chi connectivity index (χ4v) is 3.93. The van der Waals surface area contributed by atoms with Crippen molar-refractivity contribution in [3.05, 3.63) is 0 Å². The van der Waals surface area contributed by atoms with Gasteiger partial charge >= 0.3 is 5.97 Å². The molecule has 5 atom stereocenters. The van der Waals surface area contributed by atoms with E-state index < -0.39 is 18.1 Å². The SMILES string of the molecule is O=C(O)[C@@H]1C[C@H](O)CN1C(=O)C1NCC2CCCC21. The van der Waals surface area contributed by atoms with Crippen LogP contribution in [0.1, 0.15) is 25.7 Å². The molecule has 3 aliphatic rings. The third-order valence-corrected chi connectivity index (χ3v) is 4.86. The molecule has 3 fully saturated rings. The number of fused-ring (bicyclic) bond motifs is 1. The minimum Gasteiger partial charge on any atom is -0.480 e. The van der Waals surface area contributed by atoms with Crippen molar-refractivity contribution in [2.75, 3.05) is 13.1 Å². The van der Waals surface area contributed by atoms with Crippen LogP contribution in [0.15, 0.2) is 0 Å². The second kappa shape index (κ2) is 4.76. The Morgan fingerprint density at radius 1 is 1.26 bits per heavy atom. The maximum absolute atomic E-state index is 12.5. The standard InChI is InChI=1S/C13H20N2O4/c16-8-4-10(13(18)19)15(6-8)12(17)11-9-3-1-2-7(9)5-14-11/h7-11,14,16H,1-6H2,(H,18,19)/t7?,8-,9?,10-,11?/m0/s1. The van der Waals surface area contributed by atoms with Gasteiger partial charge in [0.2, 0.25) is 5.91 Å². The van der Waals surface area contributed by atoms with Crippen LogP contribution in [0.4, 0.5) is 0 Å². The summed E-state index contributed by atoms with van der Waals surface area (Å²) in [6, 6.07) is -1.12. The van der Waals surface area contributed by atoms with Crippen LogP contribution in [0.25, 0.3) is 0 Å². The number of amides is 1. The molecule has 3 N–H and O–H groups in total. The van der Waals surface area contributed by atoms with Gasteiger partial charge in [0.05, 0.1) is 12.1 Å². The van der Waals surface area contributed by atoms with E-state index in [0.29, 0.717) is 11.8 Å². The normalized spacial score (nSPS) is 41.5. The molecule has 6 heteroatoms. The molecule has 2 saturated heterocycles. The van der Waals surface area contributed by atoms with Crippen LogP contribution in [0, 0.1) is 11.8 Å². The number of carbonyl (C=O) groups is 2. The lowest BCUT2D eigenvalue weighted by Gasteiger charge is -2.27. The number of aliphatic hydroxyl groups excluding tert-OH is 1. The van der Waals surface area contributed by atoms with Gasteiger partial charge in [-0.05, 0) is 31.2 Å². The maximum Gasteiger partial charge on any atom is 0.326 e. The molecular weight excluding hydrogens is 248 g/mol. The Labute approximate surface area is 111 Å². The monoisotopic (exact) mass is 268 g/mol. The van der Waals surface area contributed by atoms with Crippen molar-refractivity contribution in [1.82, 2.24) is 10.2 Å². The molecule has 3 unspecified atom stereocenters. The molecule has 0 spiro atoms. The van der Waals surface area contributed by atoms with Gasteiger partial charge in [-0.2, -0.15) is 0 Å². The number of likely N-dealkylation sites (tertiary alicyclic amines) is 1. The van der Waals surface area contributed by atoms with E-state index in [4.69, 9.17) is 5.11 Å². The van der Waals surface area contributed by atoms with Gasteiger partial charge in [-0.3, -0.25) is 4.79 Å². The quantitative estimate of drug-likeness (QED) is 0.623. The summed E-state index contributed by atoms with van der Waals surface area (Å²) in [5.74, 6) is -0.256. The number of carboxylic acids is 1. The predicted octanol–water partition coefficient (Wildman–Crippen LogP) is -0.579. The molecule has 2 heterocycles. The third-order valence-electron chi connectivity index (χ3n) is 4.86. The van der Waals surface area contributed by atoms with Gasteiger partial charge in [-0.1, -0.05) is 6.42 Å². The Bertz CT molecular complexity index is 400. The first-order valence-electron chi connectivity index (χ1n) is 7.02. The van der Waals surface area contributed by atoms with Crippen molar-refractivity contribution >= 4 is 11.9 Å². The summed E-state index contributed by atoms with van der Waals surface area (Å²) in [4.78, 5) is 25.1. The summed E-state index contributed by atoms with van der Waals surface area (Å²) < 4.78 is 0. The highest BCUT2D eigenvalue weighted by atomic mass is 16.4. The molecule has 2 aliphatic heterocycles. The molecule has 6 nitrogen and oxygen atoms in total. The van der Waals surface area contributed by atoms with Crippen LogP contribution < -0.4 is 5.32 Å². The molecule has 19 heavy (non-hydrogen) atoms. The summed E-state index contributed by atoms with van der Waals surface area (Å²) in [6.45, 7) is 1.00. The van der Waals surface area contributed by atoms with E-state index in [-0.39, 0.29) is 24.9 Å². The average Bonchev–Trinajstić information content (AvgIpc) is 3.00. The number of β-amino-alcohol motifs (C(OH)–C–C–N with tert-alkyl or cyclic N) is 1. The molecule has 0 aromatic rings. The highest BCUT2D eigenvalue weighted by molar-refractivity contribution is 5.88. The molecule has 1 amide bonds. The second-order valence-electron chi connectivity index (χ2n) is 5.97. The Morgan fingerprint density at radius 2 is 2.05 bits per heavy atom. The van der Waals surface area contributed by atoms with Crippen molar-refractivity contribution in [2.24, 2.45) is 11.8 Å². The van der Waals surface area contributed by atoms with E-state index in [0.717, 1.165) is 25.8 Å². The number of carboxylic acid groups (broad SMARTS) is 1. The molecule has 106 valence electrons. The first-order valence-corrected chi connectivity index (χ1v) is 7.02. The van der Waals surface area contributed by atoms with E-state index in [1.54, 1.807) is 0 Å². The van der Waals surface area contributed by atoms with Gasteiger partial charge in [0.25, 0.3) is 0 Å². The van der Waals surface area contributed by atoms with E-state index in [9.17, 15) is 14.7 Å². The average molecular weight is 268 g/mol. The second-order valence-corrected chi connectivity index (χ2v) is 5.97. The predicted molar refractivity (Wildman–Crippen MR) is 66.4 cm³/mol. The Kier molecular flexibility index (Phi) is 3.22. The van der Waals surface area contributed by atoms with Crippen LogP contribution in [0.2, 0.25) is 0 Å². The Hall–Kier alpha value is -1.14. The summed E-state index contributed by atoms with van der Waals surface area (Å²) >= 11 is 0. The van der Waals surface area contributed by atoms with Crippen LogP contribution in [0.5, 0.6) is 0 Å². The van der Waals surface area contributed by atoms with Crippen molar-refractivity contribution in [2.45, 2.75) is 43.9 Å². The maximum atomic E-state index is 12.5. The highest BCUT2D eigenvalue weighted by Gasteiger charge is 2.47. The molecule has 0 aromatic heterocycles. The van der Waals surface area contributed by atoms with Crippen LogP contribution in [-0.2, 0) is 9.59 Å². The molecule has 0 aromatic carbocycles. The number of aliphatic hydroxyl groups is 1. The van der Waals surface area contributed by atoms with E-state index >= 15 is 0 Å². The van der Waals surface area contributed by atoms with Gasteiger partial charge in [0, 0.05) is 13.0 Å². The van der Waals surface area contributed by atoms with Gasteiger partial charge < -0.3 is 20.4 Å². The van der Waals surface area contributed by atoms with Crippen molar-refractivity contribution in [1.29, 1.82) is 0 Å². The van der Waals surface area contributed by atoms with Crippen LogP contribution >= 0.6 is 0 Å². The largest absolute Gasteiger partial charge is 0.480 e. The summed E-state index contributed by atoms with van der Waals surface area (Å²) in [7, 11) is 0. The Balaban J connectivity index is 1.74. The Morgan fingerprint density at radius 3 is 2.79 bits per heavy atom. The highest BCUT2D eigenvalue weighted by Crippen LogP contribution is 2.38. The van der Waals surface area contributed by atoms with E-state index in [1.807, 2.05) is 0 Å². The lowest BCUT2D eigenvalue weighted by atomic mass is 9.93. The summed E-state index contributed by atoms with van der Waals surface area (Å²) in [5, 5.41) is 22.0. The fourth-order valence-electron chi connectivity index (χ4n) is 3.93. The zero-order chi connectivity index (χ0) is 13.6. The first-order chi connectivity index (χ1) is 9.08. The first kappa shape index (κ1) is 12.9. The number of carbonyl (C=O) groups excluding carboxylic acids is 1. The lowest BCUT2D eigenvalue weighted by Crippen LogP contribution is -2.50. The molecule has 0 bridgehead atoms. The van der Waals surface area contributed by atoms with E-state index in [1.165, 1.54) is 4.90 Å². The van der Waals surface area contributed by atoms with Gasteiger partial charge in [0.1, 0.15) is 6.04 Å². The zero-order valence-corrected chi connectivity index (χ0v) is 10.8. The third kappa shape index (κ3) is 2.12. The lowest BCUT2D eigenvalue weighted by molar-refractivity contribution is -0.149. The van der Waals surface area contributed by atoms with Crippen molar-refractivity contribution in [3.63, 3.8) is 0 Å². The van der Waals surface area contributed by atoms with Crippen LogP contribution in [0.3, 0.4) is 0 Å². The number of rotatable bonds is 2. The number of aliphatic carboxylic acids is 1. The molecule has 1 saturated carbocycles. The number of nitrogens with zero attached hydrogens (tertiary/aromatic N) is 1. The fraction of sp³-hybridized carbons (Fsp3) is 0.846. The molecular formula is C13H20N2O4. The summed E-state index contributed by atoms with van der Waals surface area (Å²) in [6.07, 6.45) is 2.79. The number of nitrogens with one attached hydrogen (secondary N) is 1. The van der Waals surface area contributed by atoms with Crippen LogP contribution in [-0.4, -0.2) is 58.3 Å². The molecule has 1 aliphatic carbocycles. The molecule has 0 radical (unpaired) electrons. The van der Waals surface area contributed by atoms with Gasteiger partial charge in [-0.15, -0.1) is 0 Å². The van der Waals surface area contributed by atoms with Crippen molar-refractivity contribution < 1.29 is 19.8 Å². The van der Waals surface area contributed by atoms with Gasteiger partial charge in [0.15, 0.2) is 0 Å². The minimum absolute atomic E-state index is 0.140. The molecule has 3 rings (SSSR count). The smallest absolute Gasteiger partial charge is 0.326 e. The van der Waals surface area contributed by atoms with E-state index in [2.05, 4.69) is 5.32 Å². The number of hydrogen-bond donors (Lipinski definition) is 3. The van der Waals surface area contributed by atoms with Gasteiger partial charge in [-0.25, -0.2) is 4.79 Å². The summed E-state index contributed by atoms with van der Waals surface area (Å²) in [5.41, 5.74) is 0. The number of hydrogen-bond acceptors (Lipinski definition) is 4. The topological polar surface area (TPSA) is 89.9 Å². The zero-order valence-electron chi connectivity index (χ0n) is 10.8. The van der Waals surface area contributed by atoms with Crippen molar-refractivity contribution in [3.8, 4) is 0 Å². The minimum atomic E-state index is -1.02.